The molecule has 162 valence electrons. The molecule has 3 N–H and O–H groups in total. The van der Waals surface area contributed by atoms with Crippen molar-refractivity contribution < 1.29 is 9.53 Å². The number of aromatic amines is 1. The summed E-state index contributed by atoms with van der Waals surface area (Å²) < 4.78 is 5.86. The van der Waals surface area contributed by atoms with Crippen LogP contribution < -0.4 is 10.6 Å². The molecule has 2 atom stereocenters. The zero-order chi connectivity index (χ0) is 21.9. The summed E-state index contributed by atoms with van der Waals surface area (Å²) >= 11 is 0. The van der Waals surface area contributed by atoms with Crippen molar-refractivity contribution >= 4 is 22.8 Å². The fourth-order valence-electron chi connectivity index (χ4n) is 4.10. The van der Waals surface area contributed by atoms with Crippen LogP contribution in [0.4, 0.5) is 10.6 Å². The number of nitrogens with zero attached hydrogens (tertiary/aromatic N) is 3. The molecule has 0 saturated carbocycles. The normalized spacial score (nSPS) is 16.7. The molecule has 0 radical (unpaired) electrons. The summed E-state index contributed by atoms with van der Waals surface area (Å²) in [7, 11) is 0. The molecule has 1 saturated heterocycles. The Morgan fingerprint density at radius 3 is 2.84 bits per heavy atom. The van der Waals surface area contributed by atoms with Gasteiger partial charge in [-0.05, 0) is 37.5 Å². The number of pyridine rings is 2. The maximum atomic E-state index is 12.8. The fraction of sp³-hybridized carbons (Fsp3) is 0.250. The van der Waals surface area contributed by atoms with Gasteiger partial charge in [-0.15, -0.1) is 0 Å². The number of ether oxygens (including phenoxy) is 1. The standard InChI is InChI=1S/C24H24N6O2/c1-15-12-17(9-10-25-15)22-18-14-26-21(13-19(18)29-30-22)27-24(31)28-23(20-8-5-11-32-20)16-6-3-2-4-7-16/h2-4,6-7,9-10,12-14,20,23H,5,8,11H2,1H3,(H,29,30)(H2,26,27,28,31)/t20-,23+/m1/s1. The number of nitrogens with one attached hydrogen (secondary N) is 3. The third kappa shape index (κ3) is 4.17. The molecule has 32 heavy (non-hydrogen) atoms. The molecule has 1 fully saturated rings. The second-order valence-electron chi connectivity index (χ2n) is 7.91. The summed E-state index contributed by atoms with van der Waals surface area (Å²) in [6, 6.07) is 15.0. The maximum Gasteiger partial charge on any atom is 0.320 e. The Morgan fingerprint density at radius 2 is 2.06 bits per heavy atom. The summed E-state index contributed by atoms with van der Waals surface area (Å²) in [6.45, 7) is 2.66. The van der Waals surface area contributed by atoms with E-state index in [1.54, 1.807) is 18.5 Å². The predicted octanol–water partition coefficient (Wildman–Crippen LogP) is 4.37. The number of hydrogen-bond acceptors (Lipinski definition) is 5. The lowest BCUT2D eigenvalue weighted by molar-refractivity contribution is 0.0815. The maximum absolute atomic E-state index is 12.8. The number of anilines is 1. The van der Waals surface area contributed by atoms with E-state index in [0.717, 1.165) is 46.3 Å². The Kier molecular flexibility index (Phi) is 5.51. The molecule has 1 aromatic carbocycles. The van der Waals surface area contributed by atoms with Crippen molar-refractivity contribution in [3.05, 3.63) is 72.2 Å². The predicted molar refractivity (Wildman–Crippen MR) is 122 cm³/mol. The highest BCUT2D eigenvalue weighted by atomic mass is 16.5. The molecule has 3 aromatic heterocycles. The van der Waals surface area contributed by atoms with Gasteiger partial charge >= 0.3 is 6.03 Å². The molecular weight excluding hydrogens is 404 g/mol. The minimum atomic E-state index is -0.328. The van der Waals surface area contributed by atoms with E-state index < -0.39 is 0 Å². The SMILES string of the molecule is Cc1cc(-c2n[nH]c3cc(NC(=O)N[C@@H](c4ccccc4)[C@H]4CCCO4)ncc23)ccn1. The Bertz CT molecular complexity index is 1230. The molecular formula is C24H24N6O2. The van der Waals surface area contributed by atoms with E-state index in [1.165, 1.54) is 0 Å². The molecule has 5 rings (SSSR count). The number of carbonyl (C=O) groups excluding carboxylic acids is 1. The van der Waals surface area contributed by atoms with Crippen molar-refractivity contribution in [2.45, 2.75) is 31.9 Å². The van der Waals surface area contributed by atoms with Crippen LogP contribution in [0.15, 0.2) is 60.9 Å². The molecule has 0 bridgehead atoms. The van der Waals surface area contributed by atoms with Crippen LogP contribution in [-0.2, 0) is 4.74 Å². The summed E-state index contributed by atoms with van der Waals surface area (Å²) in [4.78, 5) is 21.5. The zero-order valence-corrected chi connectivity index (χ0v) is 17.7. The number of carbonyl (C=O) groups is 1. The van der Waals surface area contributed by atoms with Crippen molar-refractivity contribution in [3.63, 3.8) is 0 Å². The van der Waals surface area contributed by atoms with Gasteiger partial charge in [0, 0.05) is 41.7 Å². The van der Waals surface area contributed by atoms with Crippen LogP contribution in [0.25, 0.3) is 22.2 Å². The van der Waals surface area contributed by atoms with Crippen molar-refractivity contribution in [1.29, 1.82) is 0 Å². The number of hydrogen-bond donors (Lipinski definition) is 3. The summed E-state index contributed by atoms with van der Waals surface area (Å²) in [5.41, 5.74) is 4.49. The first-order valence-electron chi connectivity index (χ1n) is 10.7. The monoisotopic (exact) mass is 428 g/mol. The minimum Gasteiger partial charge on any atom is -0.376 e. The van der Waals surface area contributed by atoms with E-state index in [9.17, 15) is 4.79 Å². The molecule has 1 aliphatic heterocycles. The average molecular weight is 428 g/mol. The number of benzene rings is 1. The first-order chi connectivity index (χ1) is 15.7. The molecule has 0 aliphatic carbocycles. The first kappa shape index (κ1) is 20.1. The van der Waals surface area contributed by atoms with Gasteiger partial charge in [0.15, 0.2) is 0 Å². The van der Waals surface area contributed by atoms with Crippen LogP contribution in [0.2, 0.25) is 0 Å². The highest BCUT2D eigenvalue weighted by molar-refractivity contribution is 5.95. The fourth-order valence-corrected chi connectivity index (χ4v) is 4.10. The number of aromatic nitrogens is 4. The summed E-state index contributed by atoms with van der Waals surface area (Å²) in [5, 5.41) is 14.2. The Hall–Kier alpha value is -3.78. The van der Waals surface area contributed by atoms with Crippen molar-refractivity contribution in [2.75, 3.05) is 11.9 Å². The molecule has 8 nitrogen and oxygen atoms in total. The highest BCUT2D eigenvalue weighted by Gasteiger charge is 2.28. The topological polar surface area (TPSA) is 105 Å². The van der Waals surface area contributed by atoms with Gasteiger partial charge in [-0.3, -0.25) is 15.4 Å². The van der Waals surface area contributed by atoms with Gasteiger partial charge in [0.25, 0.3) is 0 Å². The average Bonchev–Trinajstić information content (AvgIpc) is 3.48. The lowest BCUT2D eigenvalue weighted by atomic mass is 9.99. The van der Waals surface area contributed by atoms with Gasteiger partial charge in [-0.2, -0.15) is 5.10 Å². The van der Waals surface area contributed by atoms with Crippen molar-refractivity contribution in [3.8, 4) is 11.3 Å². The lowest BCUT2D eigenvalue weighted by Crippen LogP contribution is -2.38. The molecule has 8 heteroatoms. The van der Waals surface area contributed by atoms with Gasteiger partial charge < -0.3 is 10.1 Å². The van der Waals surface area contributed by atoms with Crippen LogP contribution in [0.3, 0.4) is 0 Å². The smallest absolute Gasteiger partial charge is 0.320 e. The highest BCUT2D eigenvalue weighted by Crippen LogP contribution is 2.28. The van der Waals surface area contributed by atoms with E-state index >= 15 is 0 Å². The molecule has 0 unspecified atom stereocenters. The summed E-state index contributed by atoms with van der Waals surface area (Å²) in [5.74, 6) is 0.440. The second-order valence-corrected chi connectivity index (χ2v) is 7.91. The van der Waals surface area contributed by atoms with Gasteiger partial charge in [0.05, 0.1) is 17.7 Å². The van der Waals surface area contributed by atoms with Crippen molar-refractivity contribution in [2.24, 2.45) is 0 Å². The third-order valence-corrected chi connectivity index (χ3v) is 5.64. The van der Waals surface area contributed by atoms with E-state index in [2.05, 4.69) is 30.8 Å². The van der Waals surface area contributed by atoms with Crippen molar-refractivity contribution in [1.82, 2.24) is 25.5 Å². The largest absolute Gasteiger partial charge is 0.376 e. The van der Waals surface area contributed by atoms with Crippen LogP contribution in [0.5, 0.6) is 0 Å². The number of rotatable bonds is 5. The number of H-pyrrole nitrogens is 1. The number of fused-ring (bicyclic) bond motifs is 1. The van der Waals surface area contributed by atoms with Crippen LogP contribution in [-0.4, -0.2) is 38.9 Å². The van der Waals surface area contributed by atoms with Gasteiger partial charge in [0.2, 0.25) is 0 Å². The van der Waals surface area contributed by atoms with E-state index in [0.29, 0.717) is 12.4 Å². The molecule has 2 amide bonds. The first-order valence-corrected chi connectivity index (χ1v) is 10.7. The number of urea groups is 1. The molecule has 1 aliphatic rings. The van der Waals surface area contributed by atoms with E-state index in [-0.39, 0.29) is 18.2 Å². The van der Waals surface area contributed by atoms with Crippen LogP contribution in [0.1, 0.15) is 30.1 Å². The number of aryl methyl sites for hydroxylation is 1. The molecule has 4 aromatic rings. The van der Waals surface area contributed by atoms with E-state index in [4.69, 9.17) is 4.74 Å². The Labute approximate surface area is 185 Å². The third-order valence-electron chi connectivity index (χ3n) is 5.64. The number of amides is 2. The van der Waals surface area contributed by atoms with Crippen LogP contribution in [0, 0.1) is 6.92 Å². The lowest BCUT2D eigenvalue weighted by Gasteiger charge is -2.24. The van der Waals surface area contributed by atoms with Crippen LogP contribution >= 0.6 is 0 Å². The molecule has 0 spiro atoms. The molecule has 4 heterocycles. The minimum absolute atomic E-state index is 0.0439. The second kappa shape index (κ2) is 8.76. The van der Waals surface area contributed by atoms with Gasteiger partial charge in [-0.1, -0.05) is 30.3 Å². The Morgan fingerprint density at radius 1 is 1.19 bits per heavy atom. The van der Waals surface area contributed by atoms with Gasteiger partial charge in [-0.25, -0.2) is 9.78 Å². The van der Waals surface area contributed by atoms with Gasteiger partial charge in [0.1, 0.15) is 11.5 Å². The van der Waals surface area contributed by atoms with E-state index in [1.807, 2.05) is 49.4 Å². The quantitative estimate of drug-likeness (QED) is 0.438. The summed E-state index contributed by atoms with van der Waals surface area (Å²) in [6.07, 6.45) is 5.34. The zero-order valence-electron chi connectivity index (χ0n) is 17.7. The Balaban J connectivity index is 1.34.